The van der Waals surface area contributed by atoms with Crippen molar-refractivity contribution in [2.24, 2.45) is 0 Å². The van der Waals surface area contributed by atoms with Crippen molar-refractivity contribution in [3.05, 3.63) is 23.1 Å². The number of ether oxygens (including phenoxy) is 1. The molecule has 0 unspecified atom stereocenters. The molecule has 0 saturated carbocycles. The summed E-state index contributed by atoms with van der Waals surface area (Å²) >= 11 is 0. The molecule has 0 aromatic carbocycles. The summed E-state index contributed by atoms with van der Waals surface area (Å²) < 4.78 is 11.0. The van der Waals surface area contributed by atoms with Crippen molar-refractivity contribution < 1.29 is 9.15 Å². The molecule has 0 fully saturated rings. The molecule has 3 rings (SSSR count). The van der Waals surface area contributed by atoms with Crippen molar-refractivity contribution in [3.63, 3.8) is 0 Å². The Hall–Kier alpha value is -2.21. The molecule has 0 spiro atoms. The van der Waals surface area contributed by atoms with Gasteiger partial charge in [0.05, 0.1) is 5.39 Å². The number of pyridine rings is 1. The smallest absolute Gasteiger partial charge is 0.229 e. The summed E-state index contributed by atoms with van der Waals surface area (Å²) in [5.41, 5.74) is 5.40. The molecule has 0 bridgehead atoms. The summed E-state index contributed by atoms with van der Waals surface area (Å²) in [6.45, 7) is 7.61. The van der Waals surface area contributed by atoms with Gasteiger partial charge in [0, 0.05) is 26.0 Å². The third-order valence-electron chi connectivity index (χ3n) is 4.02. The molecular weight excluding hydrogens is 280 g/mol. The van der Waals surface area contributed by atoms with Gasteiger partial charge >= 0.3 is 0 Å². The predicted molar refractivity (Wildman–Crippen MR) is 86.3 cm³/mol. The summed E-state index contributed by atoms with van der Waals surface area (Å²) in [4.78, 5) is 13.2. The first-order valence-electron chi connectivity index (χ1n) is 7.37. The number of hydrogen-bond donors (Lipinski definition) is 1. The van der Waals surface area contributed by atoms with Gasteiger partial charge in [0.25, 0.3) is 0 Å². The maximum Gasteiger partial charge on any atom is 0.229 e. The van der Waals surface area contributed by atoms with Gasteiger partial charge in [-0.1, -0.05) is 0 Å². The number of aromatic nitrogens is 3. The molecule has 6 nitrogen and oxygen atoms in total. The van der Waals surface area contributed by atoms with Gasteiger partial charge in [-0.05, 0) is 38.3 Å². The highest BCUT2D eigenvalue weighted by Crippen LogP contribution is 2.33. The molecule has 0 atom stereocenters. The largest absolute Gasteiger partial charge is 0.432 e. The molecule has 0 aliphatic heterocycles. The van der Waals surface area contributed by atoms with Gasteiger partial charge in [0.15, 0.2) is 11.4 Å². The Morgan fingerprint density at radius 1 is 1.18 bits per heavy atom. The third kappa shape index (κ3) is 2.39. The van der Waals surface area contributed by atoms with Crippen molar-refractivity contribution in [2.75, 3.05) is 25.6 Å². The molecule has 0 saturated heterocycles. The molecule has 3 aromatic rings. The van der Waals surface area contributed by atoms with Crippen LogP contribution in [0.1, 0.15) is 23.2 Å². The van der Waals surface area contributed by atoms with E-state index in [0.717, 1.165) is 35.1 Å². The van der Waals surface area contributed by atoms with Gasteiger partial charge in [-0.15, -0.1) is 0 Å². The van der Waals surface area contributed by atoms with Crippen LogP contribution in [0, 0.1) is 20.8 Å². The van der Waals surface area contributed by atoms with Gasteiger partial charge in [0.1, 0.15) is 11.8 Å². The van der Waals surface area contributed by atoms with E-state index in [1.54, 1.807) is 13.4 Å². The van der Waals surface area contributed by atoms with E-state index in [9.17, 15) is 0 Å². The molecule has 3 aromatic heterocycles. The van der Waals surface area contributed by atoms with Gasteiger partial charge < -0.3 is 14.5 Å². The number of furan rings is 1. The maximum atomic E-state index is 5.93. The second-order valence-corrected chi connectivity index (χ2v) is 5.40. The van der Waals surface area contributed by atoms with Crippen molar-refractivity contribution in [1.29, 1.82) is 0 Å². The molecule has 1 N–H and O–H groups in total. The fourth-order valence-corrected chi connectivity index (χ4v) is 2.56. The second kappa shape index (κ2) is 5.88. The first-order chi connectivity index (χ1) is 10.6. The van der Waals surface area contributed by atoms with Crippen molar-refractivity contribution in [1.82, 2.24) is 15.0 Å². The molecule has 0 aliphatic rings. The molecule has 0 aliphatic carbocycles. The lowest BCUT2D eigenvalue weighted by Crippen LogP contribution is -2.06. The van der Waals surface area contributed by atoms with Crippen molar-refractivity contribution >= 4 is 28.0 Å². The van der Waals surface area contributed by atoms with E-state index in [0.29, 0.717) is 23.7 Å². The van der Waals surface area contributed by atoms with Crippen molar-refractivity contribution in [2.45, 2.75) is 27.2 Å². The van der Waals surface area contributed by atoms with Gasteiger partial charge in [-0.3, -0.25) is 0 Å². The summed E-state index contributed by atoms with van der Waals surface area (Å²) in [5, 5.41) is 4.25. The number of nitrogens with one attached hydrogen (secondary N) is 1. The highest BCUT2D eigenvalue weighted by atomic mass is 16.5. The summed E-state index contributed by atoms with van der Waals surface area (Å²) in [6.07, 6.45) is 2.46. The summed E-state index contributed by atoms with van der Waals surface area (Å²) in [5.74, 6) is 0.703. The first kappa shape index (κ1) is 14.7. The van der Waals surface area contributed by atoms with Crippen LogP contribution >= 0.6 is 0 Å². The van der Waals surface area contributed by atoms with Crippen LogP contribution in [0.3, 0.4) is 0 Å². The molecule has 3 heterocycles. The number of rotatable bonds is 5. The Labute approximate surface area is 128 Å². The minimum Gasteiger partial charge on any atom is -0.432 e. The van der Waals surface area contributed by atoms with E-state index < -0.39 is 0 Å². The molecule has 116 valence electrons. The Morgan fingerprint density at radius 3 is 2.77 bits per heavy atom. The fraction of sp³-hybridized carbons (Fsp3) is 0.438. The average molecular weight is 300 g/mol. The van der Waals surface area contributed by atoms with Crippen LogP contribution in [-0.2, 0) is 4.74 Å². The van der Waals surface area contributed by atoms with E-state index in [-0.39, 0.29) is 0 Å². The zero-order chi connectivity index (χ0) is 15.7. The molecule has 0 radical (unpaired) electrons. The number of aryl methyl sites for hydroxylation is 2. The Bertz CT molecular complexity index is 826. The van der Waals surface area contributed by atoms with Crippen LogP contribution in [0.15, 0.2) is 10.7 Å². The van der Waals surface area contributed by atoms with Gasteiger partial charge in [0.2, 0.25) is 5.71 Å². The summed E-state index contributed by atoms with van der Waals surface area (Å²) in [6, 6.07) is 0. The number of nitrogens with zero attached hydrogens (tertiary/aromatic N) is 3. The zero-order valence-corrected chi connectivity index (χ0v) is 13.4. The highest BCUT2D eigenvalue weighted by molar-refractivity contribution is 6.06. The number of anilines is 1. The Balaban J connectivity index is 2.09. The lowest BCUT2D eigenvalue weighted by molar-refractivity contribution is 0.198. The molecule has 6 heteroatoms. The lowest BCUT2D eigenvalue weighted by atomic mass is 10.1. The standard InChI is InChI=1S/C16H20N4O2/c1-9-10(2)12-13-14(22-16(12)20-11(9)3)15(19-8-18-13)17-6-5-7-21-4/h8H,5-7H2,1-4H3,(H,17,18,19). The number of hydrogen-bond acceptors (Lipinski definition) is 6. The Kier molecular flexibility index (Phi) is 3.94. The SMILES string of the molecule is COCCCNc1ncnc2c1oc1nc(C)c(C)c(C)c12. The minimum absolute atomic E-state index is 0.621. The number of methoxy groups -OCH3 is 1. The average Bonchev–Trinajstić information content (AvgIpc) is 2.88. The highest BCUT2D eigenvalue weighted by Gasteiger charge is 2.17. The quantitative estimate of drug-likeness (QED) is 0.730. The monoisotopic (exact) mass is 300 g/mol. The van der Waals surface area contributed by atoms with Crippen LogP contribution in [0.4, 0.5) is 5.82 Å². The second-order valence-electron chi connectivity index (χ2n) is 5.40. The lowest BCUT2D eigenvalue weighted by Gasteiger charge is -2.05. The van der Waals surface area contributed by atoms with Crippen LogP contribution in [0.5, 0.6) is 0 Å². The molecular formula is C16H20N4O2. The van der Waals surface area contributed by atoms with E-state index in [1.165, 1.54) is 5.56 Å². The molecule has 22 heavy (non-hydrogen) atoms. The fourth-order valence-electron chi connectivity index (χ4n) is 2.56. The van der Waals surface area contributed by atoms with Gasteiger partial charge in [-0.2, -0.15) is 0 Å². The third-order valence-corrected chi connectivity index (χ3v) is 4.02. The topological polar surface area (TPSA) is 73.1 Å². The minimum atomic E-state index is 0.621. The van der Waals surface area contributed by atoms with E-state index in [2.05, 4.69) is 34.1 Å². The van der Waals surface area contributed by atoms with Crippen molar-refractivity contribution in [3.8, 4) is 0 Å². The van der Waals surface area contributed by atoms with E-state index in [1.807, 2.05) is 6.92 Å². The van der Waals surface area contributed by atoms with Gasteiger partial charge in [-0.25, -0.2) is 15.0 Å². The van der Waals surface area contributed by atoms with E-state index in [4.69, 9.17) is 9.15 Å². The van der Waals surface area contributed by atoms with Crippen LogP contribution in [0.25, 0.3) is 22.2 Å². The van der Waals surface area contributed by atoms with E-state index >= 15 is 0 Å². The first-order valence-corrected chi connectivity index (χ1v) is 7.37. The molecule has 0 amide bonds. The predicted octanol–water partition coefficient (Wildman–Crippen LogP) is 3.14. The zero-order valence-electron chi connectivity index (χ0n) is 13.4. The van der Waals surface area contributed by atoms with Crippen LogP contribution < -0.4 is 5.32 Å². The summed E-state index contributed by atoms with van der Waals surface area (Å²) in [7, 11) is 1.70. The number of fused-ring (bicyclic) bond motifs is 3. The Morgan fingerprint density at radius 2 is 2.00 bits per heavy atom. The van der Waals surface area contributed by atoms with Crippen LogP contribution in [0.2, 0.25) is 0 Å². The van der Waals surface area contributed by atoms with Crippen LogP contribution in [-0.4, -0.2) is 35.2 Å². The maximum absolute atomic E-state index is 5.93. The normalized spacial score (nSPS) is 11.5.